The first kappa shape index (κ1) is 28.3. The molecule has 3 aromatic rings. The number of halogens is 1. The molecular formula is C32H35FN4O4. The van der Waals surface area contributed by atoms with Crippen LogP contribution in [0.5, 0.6) is 5.75 Å². The third-order valence-corrected chi connectivity index (χ3v) is 8.05. The van der Waals surface area contributed by atoms with Crippen molar-refractivity contribution in [1.29, 1.82) is 0 Å². The van der Waals surface area contributed by atoms with E-state index in [0.717, 1.165) is 25.7 Å². The maximum Gasteiger partial charge on any atom is 0.259 e. The fourth-order valence-electron chi connectivity index (χ4n) is 5.86. The van der Waals surface area contributed by atoms with Crippen molar-refractivity contribution in [3.05, 3.63) is 89.2 Å². The summed E-state index contributed by atoms with van der Waals surface area (Å²) in [7, 11) is 1.52. The molecule has 41 heavy (non-hydrogen) atoms. The maximum absolute atomic E-state index is 14.1. The van der Waals surface area contributed by atoms with Gasteiger partial charge in [-0.05, 0) is 91.7 Å². The summed E-state index contributed by atoms with van der Waals surface area (Å²) in [4.78, 5) is 41.8. The van der Waals surface area contributed by atoms with Crippen LogP contribution >= 0.6 is 0 Å². The lowest BCUT2D eigenvalue weighted by molar-refractivity contribution is -0.116. The number of amides is 3. The van der Waals surface area contributed by atoms with Crippen LogP contribution in [-0.4, -0.2) is 37.9 Å². The molecule has 3 aromatic carbocycles. The summed E-state index contributed by atoms with van der Waals surface area (Å²) in [6.07, 6.45) is 4.25. The molecule has 0 radical (unpaired) electrons. The Bertz CT molecular complexity index is 1430. The zero-order chi connectivity index (χ0) is 28.9. The molecular weight excluding hydrogens is 523 g/mol. The normalized spacial score (nSPS) is 20.4. The van der Waals surface area contributed by atoms with E-state index in [9.17, 15) is 18.8 Å². The molecule has 9 heteroatoms. The molecule has 0 aromatic heterocycles. The highest BCUT2D eigenvalue weighted by Crippen LogP contribution is 2.40. The minimum absolute atomic E-state index is 0.0540. The molecule has 1 aliphatic carbocycles. The predicted molar refractivity (Wildman–Crippen MR) is 155 cm³/mol. The molecule has 1 aliphatic heterocycles. The third kappa shape index (κ3) is 6.41. The summed E-state index contributed by atoms with van der Waals surface area (Å²) < 4.78 is 19.1. The SMILES string of the molecule is COc1cccc(C(=O)N2c3ccc(C(=O)NCC4CCCC(CN)C4)cc3NC(=O)CC2c2ccc(F)cc2)c1. The van der Waals surface area contributed by atoms with E-state index in [2.05, 4.69) is 10.6 Å². The molecule has 214 valence electrons. The Morgan fingerprint density at radius 2 is 1.83 bits per heavy atom. The van der Waals surface area contributed by atoms with Crippen molar-refractivity contribution in [2.75, 3.05) is 30.4 Å². The first-order valence-corrected chi connectivity index (χ1v) is 14.0. The van der Waals surface area contributed by atoms with E-state index < -0.39 is 11.9 Å². The number of methoxy groups -OCH3 is 1. The van der Waals surface area contributed by atoms with Gasteiger partial charge in [-0.1, -0.05) is 24.6 Å². The Labute approximate surface area is 239 Å². The second-order valence-corrected chi connectivity index (χ2v) is 10.8. The van der Waals surface area contributed by atoms with Crippen molar-refractivity contribution in [2.45, 2.75) is 38.1 Å². The molecule has 0 saturated heterocycles. The lowest BCUT2D eigenvalue weighted by Gasteiger charge is -2.31. The monoisotopic (exact) mass is 558 g/mol. The Morgan fingerprint density at radius 1 is 1.05 bits per heavy atom. The highest BCUT2D eigenvalue weighted by Gasteiger charge is 2.35. The van der Waals surface area contributed by atoms with Crippen LogP contribution < -0.4 is 26.0 Å². The lowest BCUT2D eigenvalue weighted by atomic mass is 9.81. The number of nitrogens with zero attached hydrogens (tertiary/aromatic N) is 1. The number of carbonyl (C=O) groups excluding carboxylic acids is 3. The number of anilines is 2. The number of carbonyl (C=O) groups is 3. The van der Waals surface area contributed by atoms with E-state index in [1.54, 1.807) is 54.6 Å². The van der Waals surface area contributed by atoms with Gasteiger partial charge in [0.15, 0.2) is 0 Å². The van der Waals surface area contributed by atoms with E-state index in [4.69, 9.17) is 10.5 Å². The molecule has 0 spiro atoms. The van der Waals surface area contributed by atoms with Crippen molar-refractivity contribution >= 4 is 29.1 Å². The second kappa shape index (κ2) is 12.5. The van der Waals surface area contributed by atoms with Gasteiger partial charge in [-0.25, -0.2) is 4.39 Å². The molecule has 3 amide bonds. The van der Waals surface area contributed by atoms with Gasteiger partial charge >= 0.3 is 0 Å². The van der Waals surface area contributed by atoms with Crippen molar-refractivity contribution in [2.24, 2.45) is 17.6 Å². The average molecular weight is 559 g/mol. The van der Waals surface area contributed by atoms with Crippen LogP contribution in [0.3, 0.4) is 0 Å². The van der Waals surface area contributed by atoms with Gasteiger partial charge in [-0.15, -0.1) is 0 Å². The lowest BCUT2D eigenvalue weighted by Crippen LogP contribution is -2.35. The maximum atomic E-state index is 14.1. The van der Waals surface area contributed by atoms with Gasteiger partial charge in [0, 0.05) is 17.7 Å². The van der Waals surface area contributed by atoms with Gasteiger partial charge in [-0.3, -0.25) is 19.3 Å². The molecule has 2 aliphatic rings. The molecule has 8 nitrogen and oxygen atoms in total. The average Bonchev–Trinajstić information content (AvgIpc) is 3.15. The highest BCUT2D eigenvalue weighted by atomic mass is 19.1. The van der Waals surface area contributed by atoms with Crippen molar-refractivity contribution < 1.29 is 23.5 Å². The Morgan fingerprint density at radius 3 is 2.59 bits per heavy atom. The number of ether oxygens (including phenoxy) is 1. The van der Waals surface area contributed by atoms with Gasteiger partial charge < -0.3 is 21.1 Å². The molecule has 0 bridgehead atoms. The Balaban J connectivity index is 1.47. The number of rotatable bonds is 7. The summed E-state index contributed by atoms with van der Waals surface area (Å²) in [5, 5.41) is 5.92. The van der Waals surface area contributed by atoms with Crippen LogP contribution in [0.25, 0.3) is 0 Å². The first-order valence-electron chi connectivity index (χ1n) is 14.0. The quantitative estimate of drug-likeness (QED) is 0.375. The summed E-state index contributed by atoms with van der Waals surface area (Å²) in [6.45, 7) is 1.23. The number of benzene rings is 3. The number of nitrogens with two attached hydrogens (primary N) is 1. The summed E-state index contributed by atoms with van der Waals surface area (Å²) in [5.74, 6) is 0.0437. The van der Waals surface area contributed by atoms with Gasteiger partial charge in [0.05, 0.1) is 30.9 Å². The fourth-order valence-corrected chi connectivity index (χ4v) is 5.86. The number of nitrogens with one attached hydrogen (secondary N) is 2. The van der Waals surface area contributed by atoms with Crippen LogP contribution in [0.2, 0.25) is 0 Å². The van der Waals surface area contributed by atoms with Crippen molar-refractivity contribution in [1.82, 2.24) is 5.32 Å². The molecule has 1 heterocycles. The molecule has 3 unspecified atom stereocenters. The van der Waals surface area contributed by atoms with Crippen LogP contribution in [0.1, 0.15) is 64.4 Å². The van der Waals surface area contributed by atoms with E-state index in [1.165, 1.54) is 24.1 Å². The minimum atomic E-state index is -0.711. The second-order valence-electron chi connectivity index (χ2n) is 10.8. The predicted octanol–water partition coefficient (Wildman–Crippen LogP) is 5.06. The van der Waals surface area contributed by atoms with E-state index >= 15 is 0 Å². The van der Waals surface area contributed by atoms with E-state index in [1.807, 2.05) is 0 Å². The summed E-state index contributed by atoms with van der Waals surface area (Å²) in [6, 6.07) is 16.8. The van der Waals surface area contributed by atoms with E-state index in [-0.39, 0.29) is 24.1 Å². The topological polar surface area (TPSA) is 114 Å². The standard InChI is InChI=1S/C32H35FN4O4/c1-41-26-7-3-6-24(15-26)32(40)37-28-13-10-23(31(39)35-19-21-5-2-4-20(14-21)18-34)16-27(28)36-30(38)17-29(37)22-8-11-25(33)12-9-22/h3,6-13,15-16,20-21,29H,2,4-5,14,17-19,34H2,1H3,(H,35,39)(H,36,38). The van der Waals surface area contributed by atoms with Crippen LogP contribution in [0, 0.1) is 17.7 Å². The fraction of sp³-hybridized carbons (Fsp3) is 0.344. The van der Waals surface area contributed by atoms with Crippen LogP contribution in [0.4, 0.5) is 15.8 Å². The van der Waals surface area contributed by atoms with Crippen molar-refractivity contribution in [3.63, 3.8) is 0 Å². The number of hydrogen-bond acceptors (Lipinski definition) is 5. The zero-order valence-electron chi connectivity index (χ0n) is 23.1. The van der Waals surface area contributed by atoms with Crippen molar-refractivity contribution in [3.8, 4) is 5.75 Å². The molecule has 5 rings (SSSR count). The highest BCUT2D eigenvalue weighted by molar-refractivity contribution is 6.12. The zero-order valence-corrected chi connectivity index (χ0v) is 23.1. The molecule has 3 atom stereocenters. The first-order chi connectivity index (χ1) is 19.9. The Hall–Kier alpha value is -4.24. The minimum Gasteiger partial charge on any atom is -0.497 e. The van der Waals surface area contributed by atoms with Gasteiger partial charge in [0.2, 0.25) is 5.91 Å². The summed E-state index contributed by atoms with van der Waals surface area (Å²) >= 11 is 0. The van der Waals surface area contributed by atoms with Gasteiger partial charge in [-0.2, -0.15) is 0 Å². The number of hydrogen-bond donors (Lipinski definition) is 3. The largest absolute Gasteiger partial charge is 0.497 e. The van der Waals surface area contributed by atoms with E-state index in [0.29, 0.717) is 58.7 Å². The summed E-state index contributed by atoms with van der Waals surface area (Å²) in [5.41, 5.74) is 8.00. The van der Waals surface area contributed by atoms with Gasteiger partial charge in [0.25, 0.3) is 11.8 Å². The third-order valence-electron chi connectivity index (χ3n) is 8.05. The molecule has 1 saturated carbocycles. The molecule has 1 fully saturated rings. The number of fused-ring (bicyclic) bond motifs is 1. The smallest absolute Gasteiger partial charge is 0.259 e. The van der Waals surface area contributed by atoms with Crippen LogP contribution in [-0.2, 0) is 4.79 Å². The molecule has 4 N–H and O–H groups in total. The van der Waals surface area contributed by atoms with Gasteiger partial charge in [0.1, 0.15) is 11.6 Å². The van der Waals surface area contributed by atoms with Crippen LogP contribution in [0.15, 0.2) is 66.7 Å². The Kier molecular flexibility index (Phi) is 8.64.